The second-order valence-corrected chi connectivity index (χ2v) is 5.20. The van der Waals surface area contributed by atoms with Crippen LogP contribution in [0.15, 0.2) is 4.52 Å². The topological polar surface area (TPSA) is 64.9 Å². The normalized spacial score (nSPS) is 27.9. The summed E-state index contributed by atoms with van der Waals surface area (Å²) >= 11 is 0. The first-order chi connectivity index (χ1) is 7.65. The summed E-state index contributed by atoms with van der Waals surface area (Å²) in [5, 5.41) is 4.09. The molecule has 0 spiro atoms. The first kappa shape index (κ1) is 11.6. The summed E-state index contributed by atoms with van der Waals surface area (Å²) in [6.07, 6.45) is 5.68. The third kappa shape index (κ3) is 2.82. The minimum atomic E-state index is 0.0820. The molecule has 2 rings (SSSR count). The van der Waals surface area contributed by atoms with Crippen LogP contribution in [0.4, 0.5) is 0 Å². The van der Waals surface area contributed by atoms with Crippen molar-refractivity contribution in [3.05, 3.63) is 11.7 Å². The van der Waals surface area contributed by atoms with Crippen LogP contribution in [0.5, 0.6) is 0 Å². The summed E-state index contributed by atoms with van der Waals surface area (Å²) in [6.45, 7) is 4.25. The van der Waals surface area contributed by atoms with Gasteiger partial charge in [-0.1, -0.05) is 24.9 Å². The second-order valence-electron chi connectivity index (χ2n) is 5.20. The van der Waals surface area contributed by atoms with Crippen molar-refractivity contribution in [2.45, 2.75) is 57.9 Å². The fourth-order valence-corrected chi connectivity index (χ4v) is 2.46. The zero-order valence-electron chi connectivity index (χ0n) is 10.1. The molecule has 1 saturated carbocycles. The van der Waals surface area contributed by atoms with Crippen LogP contribution >= 0.6 is 0 Å². The molecule has 0 radical (unpaired) electrons. The summed E-state index contributed by atoms with van der Waals surface area (Å²) in [5.74, 6) is 2.86. The van der Waals surface area contributed by atoms with E-state index in [9.17, 15) is 0 Å². The summed E-state index contributed by atoms with van der Waals surface area (Å²) < 4.78 is 5.22. The molecule has 1 aromatic heterocycles. The largest absolute Gasteiger partial charge is 0.339 e. The Kier molecular flexibility index (Phi) is 3.59. The lowest BCUT2D eigenvalue weighted by Crippen LogP contribution is -2.18. The molecule has 0 bridgehead atoms. The van der Waals surface area contributed by atoms with Crippen LogP contribution in [0.3, 0.4) is 0 Å². The Balaban J connectivity index is 2.00. The number of hydrogen-bond acceptors (Lipinski definition) is 4. The number of nitrogens with two attached hydrogens (primary N) is 1. The van der Waals surface area contributed by atoms with Gasteiger partial charge in [0, 0.05) is 18.4 Å². The van der Waals surface area contributed by atoms with Crippen molar-refractivity contribution in [3.8, 4) is 0 Å². The van der Waals surface area contributed by atoms with Gasteiger partial charge < -0.3 is 10.3 Å². The van der Waals surface area contributed by atoms with Crippen LogP contribution < -0.4 is 5.73 Å². The average molecular weight is 223 g/mol. The monoisotopic (exact) mass is 223 g/mol. The molecule has 0 aromatic carbocycles. The Bertz CT molecular complexity index is 335. The number of rotatable bonds is 3. The van der Waals surface area contributed by atoms with E-state index < -0.39 is 0 Å². The summed E-state index contributed by atoms with van der Waals surface area (Å²) in [7, 11) is 0. The fourth-order valence-electron chi connectivity index (χ4n) is 2.46. The quantitative estimate of drug-likeness (QED) is 0.853. The highest BCUT2D eigenvalue weighted by Crippen LogP contribution is 2.34. The van der Waals surface area contributed by atoms with Gasteiger partial charge in [-0.3, -0.25) is 0 Å². The molecule has 0 amide bonds. The SMILES string of the molecule is CC(N)Cc1nc(C2CCCC(C)C2)no1. The van der Waals surface area contributed by atoms with Gasteiger partial charge in [0.05, 0.1) is 0 Å². The van der Waals surface area contributed by atoms with Crippen LogP contribution in [-0.4, -0.2) is 16.2 Å². The Hall–Kier alpha value is -0.900. The van der Waals surface area contributed by atoms with E-state index in [-0.39, 0.29) is 6.04 Å². The lowest BCUT2D eigenvalue weighted by Gasteiger charge is -2.23. The summed E-state index contributed by atoms with van der Waals surface area (Å²) in [4.78, 5) is 4.45. The van der Waals surface area contributed by atoms with Gasteiger partial charge in [0.2, 0.25) is 5.89 Å². The smallest absolute Gasteiger partial charge is 0.228 e. The summed E-state index contributed by atoms with van der Waals surface area (Å²) in [5.41, 5.74) is 5.71. The van der Waals surface area contributed by atoms with E-state index in [1.54, 1.807) is 0 Å². The molecule has 4 nitrogen and oxygen atoms in total. The lowest BCUT2D eigenvalue weighted by atomic mass is 9.82. The van der Waals surface area contributed by atoms with Crippen molar-refractivity contribution < 1.29 is 4.52 Å². The van der Waals surface area contributed by atoms with E-state index in [4.69, 9.17) is 10.3 Å². The Morgan fingerprint density at radius 3 is 3.00 bits per heavy atom. The van der Waals surface area contributed by atoms with Gasteiger partial charge >= 0.3 is 0 Å². The highest BCUT2D eigenvalue weighted by molar-refractivity contribution is 4.98. The van der Waals surface area contributed by atoms with Crippen molar-refractivity contribution in [3.63, 3.8) is 0 Å². The first-order valence-corrected chi connectivity index (χ1v) is 6.23. The molecule has 3 unspecified atom stereocenters. The van der Waals surface area contributed by atoms with Crippen molar-refractivity contribution in [2.24, 2.45) is 11.7 Å². The second kappa shape index (κ2) is 4.95. The average Bonchev–Trinajstić information content (AvgIpc) is 2.65. The van der Waals surface area contributed by atoms with Gasteiger partial charge in [0.25, 0.3) is 0 Å². The van der Waals surface area contributed by atoms with E-state index in [1.807, 2.05) is 6.92 Å². The number of aromatic nitrogens is 2. The molecule has 1 aliphatic rings. The molecular formula is C12H21N3O. The molecule has 1 aromatic rings. The highest BCUT2D eigenvalue weighted by Gasteiger charge is 2.24. The number of nitrogens with zero attached hydrogens (tertiary/aromatic N) is 2. The Morgan fingerprint density at radius 1 is 1.50 bits per heavy atom. The van der Waals surface area contributed by atoms with Gasteiger partial charge in [0.1, 0.15) is 0 Å². The van der Waals surface area contributed by atoms with Gasteiger partial charge in [0.15, 0.2) is 5.82 Å². The van der Waals surface area contributed by atoms with E-state index in [2.05, 4.69) is 17.1 Å². The molecule has 4 heteroatoms. The van der Waals surface area contributed by atoms with E-state index in [1.165, 1.54) is 25.7 Å². The minimum Gasteiger partial charge on any atom is -0.339 e. The van der Waals surface area contributed by atoms with E-state index in [0.717, 1.165) is 11.7 Å². The molecular weight excluding hydrogens is 202 g/mol. The third-order valence-electron chi connectivity index (χ3n) is 3.28. The minimum absolute atomic E-state index is 0.0820. The molecule has 16 heavy (non-hydrogen) atoms. The van der Waals surface area contributed by atoms with Gasteiger partial charge in [-0.15, -0.1) is 0 Å². The maximum atomic E-state index is 5.71. The van der Waals surface area contributed by atoms with E-state index in [0.29, 0.717) is 18.2 Å². The van der Waals surface area contributed by atoms with Crippen molar-refractivity contribution in [1.82, 2.24) is 10.1 Å². The van der Waals surface area contributed by atoms with Crippen LogP contribution in [0, 0.1) is 5.92 Å². The molecule has 0 saturated heterocycles. The van der Waals surface area contributed by atoms with Crippen LogP contribution in [0.1, 0.15) is 57.2 Å². The Morgan fingerprint density at radius 2 is 2.31 bits per heavy atom. The third-order valence-corrected chi connectivity index (χ3v) is 3.28. The highest BCUT2D eigenvalue weighted by atomic mass is 16.5. The molecule has 1 fully saturated rings. The van der Waals surface area contributed by atoms with Gasteiger partial charge in [-0.2, -0.15) is 4.98 Å². The van der Waals surface area contributed by atoms with Gasteiger partial charge in [-0.05, 0) is 25.7 Å². The van der Waals surface area contributed by atoms with Crippen molar-refractivity contribution in [1.29, 1.82) is 0 Å². The lowest BCUT2D eigenvalue weighted by molar-refractivity contribution is 0.319. The zero-order chi connectivity index (χ0) is 11.5. The molecule has 0 aliphatic heterocycles. The zero-order valence-corrected chi connectivity index (χ0v) is 10.1. The summed E-state index contributed by atoms with van der Waals surface area (Å²) in [6, 6.07) is 0.0820. The van der Waals surface area contributed by atoms with Crippen molar-refractivity contribution >= 4 is 0 Å². The van der Waals surface area contributed by atoms with Crippen LogP contribution in [0.25, 0.3) is 0 Å². The Labute approximate surface area is 96.6 Å². The van der Waals surface area contributed by atoms with E-state index >= 15 is 0 Å². The first-order valence-electron chi connectivity index (χ1n) is 6.23. The molecule has 1 heterocycles. The molecule has 1 aliphatic carbocycles. The van der Waals surface area contributed by atoms with Crippen molar-refractivity contribution in [2.75, 3.05) is 0 Å². The molecule has 90 valence electrons. The maximum Gasteiger partial charge on any atom is 0.228 e. The van der Waals surface area contributed by atoms with Crippen LogP contribution in [-0.2, 0) is 6.42 Å². The van der Waals surface area contributed by atoms with Gasteiger partial charge in [-0.25, -0.2) is 0 Å². The fraction of sp³-hybridized carbons (Fsp3) is 0.833. The molecule has 3 atom stereocenters. The predicted molar refractivity (Wildman–Crippen MR) is 62.0 cm³/mol. The number of hydrogen-bond donors (Lipinski definition) is 1. The standard InChI is InChI=1S/C12H21N3O/c1-8-4-3-5-10(6-8)12-14-11(16-15-12)7-9(2)13/h8-10H,3-7,13H2,1-2H3. The predicted octanol–water partition coefficient (Wildman–Crippen LogP) is 2.25. The maximum absolute atomic E-state index is 5.71. The van der Waals surface area contributed by atoms with Crippen LogP contribution in [0.2, 0.25) is 0 Å². The molecule has 2 N–H and O–H groups in total.